The molecule has 1 amide bonds. The zero-order chi connectivity index (χ0) is 23.9. The lowest BCUT2D eigenvalue weighted by atomic mass is 9.91. The van der Waals surface area contributed by atoms with Crippen molar-refractivity contribution in [1.82, 2.24) is 5.32 Å². The summed E-state index contributed by atoms with van der Waals surface area (Å²) in [5.74, 6) is 0.632. The molecule has 0 aromatic heterocycles. The number of ether oxygens (including phenoxy) is 2. The molecule has 0 fully saturated rings. The van der Waals surface area contributed by atoms with Crippen molar-refractivity contribution in [1.29, 1.82) is 0 Å². The highest BCUT2D eigenvalue weighted by molar-refractivity contribution is 5.74. The highest BCUT2D eigenvalue weighted by Gasteiger charge is 2.31. The summed E-state index contributed by atoms with van der Waals surface area (Å²) >= 11 is 0. The van der Waals surface area contributed by atoms with Crippen LogP contribution in [-0.2, 0) is 23.9 Å². The van der Waals surface area contributed by atoms with Gasteiger partial charge in [0.1, 0.15) is 18.8 Å². The van der Waals surface area contributed by atoms with E-state index in [1.165, 1.54) is 52.9 Å². The maximum Gasteiger partial charge on any atom is 0.302 e. The standard InChI is InChI=1S/C25H45NO5/c1-8-19(2)11-9-12-20(3)13-10-14-21(4)15-16-25(26-22(5)27,17-30-23(6)28)18-31-24(7)29/h15-16,19-21H,8-14,17-18H2,1-7H3,(H,26,27). The lowest BCUT2D eigenvalue weighted by Crippen LogP contribution is -2.54. The van der Waals surface area contributed by atoms with Gasteiger partial charge in [0.05, 0.1) is 0 Å². The predicted molar refractivity (Wildman–Crippen MR) is 124 cm³/mol. The number of carbonyl (C=O) groups is 3. The summed E-state index contributed by atoms with van der Waals surface area (Å²) in [5.41, 5.74) is -1.07. The average molecular weight is 440 g/mol. The molecule has 0 bridgehead atoms. The van der Waals surface area contributed by atoms with E-state index in [4.69, 9.17) is 9.47 Å². The highest BCUT2D eigenvalue weighted by atomic mass is 16.5. The van der Waals surface area contributed by atoms with E-state index in [-0.39, 0.29) is 25.0 Å². The van der Waals surface area contributed by atoms with E-state index >= 15 is 0 Å². The van der Waals surface area contributed by atoms with E-state index in [2.05, 4.69) is 33.0 Å². The SMILES string of the molecule is CCC(C)CCCC(C)CCCC(C)C=CC(COC(C)=O)(COC(C)=O)NC(C)=O. The summed E-state index contributed by atoms with van der Waals surface area (Å²) in [6.07, 6.45) is 12.3. The van der Waals surface area contributed by atoms with E-state index in [9.17, 15) is 14.4 Å². The summed E-state index contributed by atoms with van der Waals surface area (Å²) in [6, 6.07) is 0. The number of nitrogens with one attached hydrogen (secondary N) is 1. The molecule has 6 heteroatoms. The molecule has 6 nitrogen and oxygen atoms in total. The summed E-state index contributed by atoms with van der Waals surface area (Å²) in [5, 5.41) is 2.79. The Morgan fingerprint density at radius 2 is 1.32 bits per heavy atom. The van der Waals surface area contributed by atoms with Crippen LogP contribution in [0.1, 0.15) is 93.4 Å². The minimum atomic E-state index is -1.07. The van der Waals surface area contributed by atoms with Gasteiger partial charge in [0, 0.05) is 20.8 Å². The lowest BCUT2D eigenvalue weighted by molar-refractivity contribution is -0.148. The zero-order valence-corrected chi connectivity index (χ0v) is 20.8. The second-order valence-electron chi connectivity index (χ2n) is 9.21. The Labute approximate surface area is 189 Å². The van der Waals surface area contributed by atoms with Crippen LogP contribution in [-0.4, -0.2) is 36.6 Å². The molecule has 3 atom stereocenters. The molecule has 0 heterocycles. The summed E-state index contributed by atoms with van der Waals surface area (Å²) < 4.78 is 10.3. The number of hydrogen-bond acceptors (Lipinski definition) is 5. The molecule has 0 aromatic rings. The van der Waals surface area contributed by atoms with Crippen molar-refractivity contribution in [2.45, 2.75) is 99.0 Å². The molecule has 0 aliphatic rings. The first-order chi connectivity index (χ1) is 14.5. The number of amides is 1. The summed E-state index contributed by atoms with van der Waals surface area (Å²) in [4.78, 5) is 34.4. The van der Waals surface area contributed by atoms with Crippen molar-refractivity contribution >= 4 is 17.8 Å². The Kier molecular flexibility index (Phi) is 14.9. The zero-order valence-electron chi connectivity index (χ0n) is 20.8. The molecule has 180 valence electrons. The van der Waals surface area contributed by atoms with Crippen LogP contribution in [0.3, 0.4) is 0 Å². The van der Waals surface area contributed by atoms with Crippen LogP contribution in [0.4, 0.5) is 0 Å². The molecule has 1 N–H and O–H groups in total. The van der Waals surface area contributed by atoms with Gasteiger partial charge in [-0.15, -0.1) is 0 Å². The van der Waals surface area contributed by atoms with Gasteiger partial charge in [0.15, 0.2) is 0 Å². The average Bonchev–Trinajstić information content (AvgIpc) is 2.68. The van der Waals surface area contributed by atoms with E-state index in [0.717, 1.165) is 24.7 Å². The maximum atomic E-state index is 11.8. The van der Waals surface area contributed by atoms with Gasteiger partial charge in [-0.3, -0.25) is 14.4 Å². The fourth-order valence-corrected chi connectivity index (χ4v) is 3.46. The Morgan fingerprint density at radius 1 is 0.839 bits per heavy atom. The molecule has 0 aromatic carbocycles. The molecule has 0 rings (SSSR count). The van der Waals surface area contributed by atoms with Crippen LogP contribution >= 0.6 is 0 Å². The normalized spacial score (nSPS) is 14.7. The van der Waals surface area contributed by atoms with Gasteiger partial charge in [-0.25, -0.2) is 0 Å². The van der Waals surface area contributed by atoms with Crippen molar-refractivity contribution in [3.05, 3.63) is 12.2 Å². The Balaban J connectivity index is 4.80. The first kappa shape index (κ1) is 29.1. The molecule has 0 aliphatic heterocycles. The van der Waals surface area contributed by atoms with E-state index in [1.807, 2.05) is 6.08 Å². The van der Waals surface area contributed by atoms with Crippen LogP contribution in [0.2, 0.25) is 0 Å². The first-order valence-electron chi connectivity index (χ1n) is 11.7. The van der Waals surface area contributed by atoms with E-state index in [1.54, 1.807) is 6.08 Å². The number of carbonyl (C=O) groups excluding carboxylic acids is 3. The van der Waals surface area contributed by atoms with Crippen molar-refractivity contribution in [3.63, 3.8) is 0 Å². The summed E-state index contributed by atoms with van der Waals surface area (Å²) in [7, 11) is 0. The number of rotatable bonds is 16. The van der Waals surface area contributed by atoms with Crippen LogP contribution in [0.5, 0.6) is 0 Å². The molecule has 0 radical (unpaired) electrons. The highest BCUT2D eigenvalue weighted by Crippen LogP contribution is 2.21. The monoisotopic (exact) mass is 439 g/mol. The molecule has 0 spiro atoms. The van der Waals surface area contributed by atoms with Crippen molar-refractivity contribution < 1.29 is 23.9 Å². The van der Waals surface area contributed by atoms with Gasteiger partial charge in [0.25, 0.3) is 0 Å². The smallest absolute Gasteiger partial charge is 0.302 e. The van der Waals surface area contributed by atoms with E-state index in [0.29, 0.717) is 0 Å². The first-order valence-corrected chi connectivity index (χ1v) is 11.7. The largest absolute Gasteiger partial charge is 0.463 e. The minimum Gasteiger partial charge on any atom is -0.463 e. The fraction of sp³-hybridized carbons (Fsp3) is 0.800. The van der Waals surface area contributed by atoms with Gasteiger partial charge in [-0.2, -0.15) is 0 Å². The van der Waals surface area contributed by atoms with Crippen LogP contribution in [0.25, 0.3) is 0 Å². The topological polar surface area (TPSA) is 81.7 Å². The lowest BCUT2D eigenvalue weighted by Gasteiger charge is -2.30. The third-order valence-electron chi connectivity index (χ3n) is 5.68. The third kappa shape index (κ3) is 15.6. The van der Waals surface area contributed by atoms with Crippen molar-refractivity contribution in [3.8, 4) is 0 Å². The van der Waals surface area contributed by atoms with Crippen molar-refractivity contribution in [2.24, 2.45) is 17.8 Å². The van der Waals surface area contributed by atoms with Crippen LogP contribution < -0.4 is 5.32 Å². The van der Waals surface area contributed by atoms with Gasteiger partial charge in [-0.1, -0.05) is 78.4 Å². The second-order valence-corrected chi connectivity index (χ2v) is 9.21. The molecular formula is C25H45NO5. The maximum absolute atomic E-state index is 11.8. The summed E-state index contributed by atoms with van der Waals surface area (Å²) in [6.45, 7) is 12.8. The van der Waals surface area contributed by atoms with Gasteiger partial charge >= 0.3 is 11.9 Å². The molecule has 0 saturated carbocycles. The van der Waals surface area contributed by atoms with Crippen LogP contribution in [0.15, 0.2) is 12.2 Å². The molecule has 0 aliphatic carbocycles. The molecular weight excluding hydrogens is 394 g/mol. The Morgan fingerprint density at radius 3 is 1.77 bits per heavy atom. The number of allylic oxidation sites excluding steroid dienone is 1. The predicted octanol–water partition coefficient (Wildman–Crippen LogP) is 5.20. The third-order valence-corrected chi connectivity index (χ3v) is 5.68. The van der Waals surface area contributed by atoms with E-state index < -0.39 is 17.5 Å². The van der Waals surface area contributed by atoms with Gasteiger partial charge in [0.2, 0.25) is 5.91 Å². The molecule has 31 heavy (non-hydrogen) atoms. The fourth-order valence-electron chi connectivity index (χ4n) is 3.46. The molecule has 3 unspecified atom stereocenters. The van der Waals surface area contributed by atoms with Crippen LogP contribution in [0, 0.1) is 17.8 Å². The van der Waals surface area contributed by atoms with Crippen molar-refractivity contribution in [2.75, 3.05) is 13.2 Å². The second kappa shape index (κ2) is 15.9. The number of hydrogen-bond donors (Lipinski definition) is 1. The number of esters is 2. The quantitative estimate of drug-likeness (QED) is 0.264. The van der Waals surface area contributed by atoms with Gasteiger partial charge in [-0.05, 0) is 24.2 Å². The minimum absolute atomic E-state index is 0.0916. The van der Waals surface area contributed by atoms with Gasteiger partial charge < -0.3 is 14.8 Å². The Hall–Kier alpha value is -1.85. The molecule has 0 saturated heterocycles. The Bertz CT molecular complexity index is 554.